The van der Waals surface area contributed by atoms with Crippen molar-refractivity contribution in [3.8, 4) is 0 Å². The van der Waals surface area contributed by atoms with Gasteiger partial charge in [-0.2, -0.15) is 0 Å². The summed E-state index contributed by atoms with van der Waals surface area (Å²) in [6.45, 7) is 0. The molecule has 0 fully saturated rings. The van der Waals surface area contributed by atoms with Crippen molar-refractivity contribution in [1.29, 1.82) is 0 Å². The first-order valence-electron chi connectivity index (χ1n) is 2.44. The van der Waals surface area contributed by atoms with Crippen molar-refractivity contribution in [2.45, 2.75) is 0 Å². The van der Waals surface area contributed by atoms with Crippen LogP contribution < -0.4 is 0 Å². The zero-order valence-electron chi connectivity index (χ0n) is 5.57. The third-order valence-electron chi connectivity index (χ3n) is 0.806. The van der Waals surface area contributed by atoms with E-state index in [0.29, 0.717) is 0 Å². The number of aliphatic hydroxyl groups is 2. The molecule has 6 heteroatoms. The molecule has 0 atom stereocenters. The molecule has 62 valence electrons. The van der Waals surface area contributed by atoms with E-state index in [1.54, 1.807) is 0 Å². The molecule has 0 aliphatic rings. The average Bonchev–Trinajstić information content (AvgIpc) is 2.00. The molecule has 0 aliphatic carbocycles. The minimum atomic E-state index is -1.80. The second kappa shape index (κ2) is 3.45. The van der Waals surface area contributed by atoms with Crippen LogP contribution in [-0.4, -0.2) is 34.4 Å². The van der Waals surface area contributed by atoms with E-state index in [4.69, 9.17) is 15.3 Å². The summed E-state index contributed by atoms with van der Waals surface area (Å²) in [5.74, 6) is -5.85. The number of aliphatic carboxylic acids is 1. The predicted octanol–water partition coefficient (Wildman–Crippen LogP) is -0.428. The number of hydrogen-bond acceptors (Lipinski definition) is 5. The lowest BCUT2D eigenvalue weighted by Crippen LogP contribution is -2.12. The SMILES string of the molecule is COC(=O)/C(O)=C(/O)C(=O)O. The molecule has 0 unspecified atom stereocenters. The molecule has 3 N–H and O–H groups in total. The lowest BCUT2D eigenvalue weighted by molar-refractivity contribution is -0.142. The van der Waals surface area contributed by atoms with Crippen molar-refractivity contribution in [3.63, 3.8) is 0 Å². The molecule has 6 nitrogen and oxygen atoms in total. The van der Waals surface area contributed by atoms with E-state index in [0.717, 1.165) is 7.11 Å². The van der Waals surface area contributed by atoms with Crippen LogP contribution in [0.1, 0.15) is 0 Å². The number of aliphatic hydroxyl groups excluding tert-OH is 2. The van der Waals surface area contributed by atoms with Gasteiger partial charge in [-0.1, -0.05) is 0 Å². The zero-order valence-corrected chi connectivity index (χ0v) is 5.57. The summed E-state index contributed by atoms with van der Waals surface area (Å²) in [5.41, 5.74) is 0. The highest BCUT2D eigenvalue weighted by molar-refractivity contribution is 5.95. The van der Waals surface area contributed by atoms with Gasteiger partial charge in [-0.3, -0.25) is 0 Å². The Morgan fingerprint density at radius 3 is 1.82 bits per heavy atom. The van der Waals surface area contributed by atoms with E-state index in [2.05, 4.69) is 4.74 Å². The van der Waals surface area contributed by atoms with Crippen molar-refractivity contribution in [2.24, 2.45) is 0 Å². The van der Waals surface area contributed by atoms with Crippen molar-refractivity contribution in [2.75, 3.05) is 7.11 Å². The van der Waals surface area contributed by atoms with Gasteiger partial charge in [0.2, 0.25) is 0 Å². The summed E-state index contributed by atoms with van der Waals surface area (Å²) in [6, 6.07) is 0. The highest BCUT2D eigenvalue weighted by atomic mass is 16.5. The molecule has 0 spiro atoms. The predicted molar refractivity (Wildman–Crippen MR) is 31.9 cm³/mol. The highest BCUT2D eigenvalue weighted by Gasteiger charge is 2.19. The Bertz CT molecular complexity index is 215. The minimum Gasteiger partial charge on any atom is -0.499 e. The number of rotatable bonds is 2. The molecule has 0 saturated carbocycles. The van der Waals surface area contributed by atoms with E-state index in [9.17, 15) is 9.59 Å². The first-order valence-corrected chi connectivity index (χ1v) is 2.44. The lowest BCUT2D eigenvalue weighted by atomic mass is 10.4. The summed E-state index contributed by atoms with van der Waals surface area (Å²) in [6.07, 6.45) is 0. The summed E-state index contributed by atoms with van der Waals surface area (Å²) in [4.78, 5) is 20.2. The second-order valence-electron chi connectivity index (χ2n) is 1.49. The molecule has 0 aromatic rings. The van der Waals surface area contributed by atoms with Gasteiger partial charge in [0.15, 0.2) is 0 Å². The van der Waals surface area contributed by atoms with E-state index < -0.39 is 23.5 Å². The minimum absolute atomic E-state index is 0.938. The number of carboxylic acids is 1. The lowest BCUT2D eigenvalue weighted by Gasteiger charge is -1.97. The van der Waals surface area contributed by atoms with Crippen LogP contribution >= 0.6 is 0 Å². The van der Waals surface area contributed by atoms with E-state index >= 15 is 0 Å². The van der Waals surface area contributed by atoms with Crippen LogP contribution in [0, 0.1) is 0 Å². The first kappa shape index (κ1) is 9.28. The van der Waals surface area contributed by atoms with Crippen LogP contribution in [-0.2, 0) is 14.3 Å². The van der Waals surface area contributed by atoms with Crippen LogP contribution in [0.15, 0.2) is 11.5 Å². The van der Waals surface area contributed by atoms with Crippen molar-refractivity contribution < 1.29 is 29.6 Å². The summed E-state index contributed by atoms with van der Waals surface area (Å²) >= 11 is 0. The summed E-state index contributed by atoms with van der Waals surface area (Å²) < 4.78 is 3.91. The number of carboxylic acid groups (broad SMARTS) is 1. The number of esters is 1. The molecule has 0 saturated heterocycles. The number of ether oxygens (including phenoxy) is 1. The zero-order chi connectivity index (χ0) is 9.02. The van der Waals surface area contributed by atoms with E-state index in [1.165, 1.54) is 0 Å². The third-order valence-corrected chi connectivity index (χ3v) is 0.806. The second-order valence-corrected chi connectivity index (χ2v) is 1.49. The van der Waals surface area contributed by atoms with Crippen LogP contribution in [0.5, 0.6) is 0 Å². The fourth-order valence-electron chi connectivity index (χ4n) is 0.295. The number of carbonyl (C=O) groups excluding carboxylic acids is 1. The maximum atomic E-state index is 10.3. The Balaban J connectivity index is 4.66. The molecule has 0 rings (SSSR count). The third kappa shape index (κ3) is 2.17. The maximum absolute atomic E-state index is 10.3. The van der Waals surface area contributed by atoms with Crippen molar-refractivity contribution >= 4 is 11.9 Å². The molecular formula is C5H6O6. The van der Waals surface area contributed by atoms with Gasteiger partial charge in [-0.05, 0) is 0 Å². The Kier molecular flexibility index (Phi) is 2.91. The normalized spacial score (nSPS) is 11.7. The Morgan fingerprint density at radius 2 is 1.55 bits per heavy atom. The maximum Gasteiger partial charge on any atom is 0.377 e. The number of hydrogen-bond donors (Lipinski definition) is 3. The Hall–Kier alpha value is -1.72. The van der Waals surface area contributed by atoms with Gasteiger partial charge in [-0.15, -0.1) is 0 Å². The van der Waals surface area contributed by atoms with Crippen LogP contribution in [0.4, 0.5) is 0 Å². The molecule has 0 aromatic heterocycles. The molecular weight excluding hydrogens is 156 g/mol. The van der Waals surface area contributed by atoms with Gasteiger partial charge in [0.25, 0.3) is 11.5 Å². The summed E-state index contributed by atoms with van der Waals surface area (Å²) in [5, 5.41) is 25.0. The molecule has 0 heterocycles. The van der Waals surface area contributed by atoms with Crippen molar-refractivity contribution in [1.82, 2.24) is 0 Å². The van der Waals surface area contributed by atoms with Crippen LogP contribution in [0.2, 0.25) is 0 Å². The fraction of sp³-hybridized carbons (Fsp3) is 0.200. The molecule has 0 aliphatic heterocycles. The van der Waals surface area contributed by atoms with Gasteiger partial charge < -0.3 is 20.1 Å². The molecule has 0 bridgehead atoms. The largest absolute Gasteiger partial charge is 0.499 e. The Labute approximate surface area is 61.3 Å². The fourth-order valence-corrected chi connectivity index (χ4v) is 0.295. The van der Waals surface area contributed by atoms with Gasteiger partial charge in [0.05, 0.1) is 7.11 Å². The topological polar surface area (TPSA) is 104 Å². The van der Waals surface area contributed by atoms with Gasteiger partial charge in [0, 0.05) is 0 Å². The Morgan fingerprint density at radius 1 is 1.09 bits per heavy atom. The highest BCUT2D eigenvalue weighted by Crippen LogP contribution is 1.98. The van der Waals surface area contributed by atoms with Crippen LogP contribution in [0.3, 0.4) is 0 Å². The van der Waals surface area contributed by atoms with E-state index in [1.807, 2.05) is 0 Å². The quantitative estimate of drug-likeness (QED) is 0.289. The smallest absolute Gasteiger partial charge is 0.377 e. The number of methoxy groups -OCH3 is 1. The van der Waals surface area contributed by atoms with Gasteiger partial charge >= 0.3 is 11.9 Å². The van der Waals surface area contributed by atoms with Gasteiger partial charge in [0.1, 0.15) is 0 Å². The first-order chi connectivity index (χ1) is 5.00. The molecule has 0 aromatic carbocycles. The van der Waals surface area contributed by atoms with Crippen molar-refractivity contribution in [3.05, 3.63) is 11.5 Å². The number of carbonyl (C=O) groups is 2. The van der Waals surface area contributed by atoms with Crippen LogP contribution in [0.25, 0.3) is 0 Å². The average molecular weight is 162 g/mol. The molecule has 0 amide bonds. The standard InChI is InChI=1S/C5H6O6/c1-11-5(10)3(7)2(6)4(8)9/h6-7H,1H3,(H,8,9)/b3-2-. The summed E-state index contributed by atoms with van der Waals surface area (Å²) in [7, 11) is 0.938. The molecule has 11 heavy (non-hydrogen) atoms. The van der Waals surface area contributed by atoms with Gasteiger partial charge in [-0.25, -0.2) is 9.59 Å². The monoisotopic (exact) mass is 162 g/mol. The van der Waals surface area contributed by atoms with E-state index in [-0.39, 0.29) is 0 Å². The molecule has 0 radical (unpaired) electrons.